The van der Waals surface area contributed by atoms with Crippen molar-refractivity contribution < 1.29 is 9.53 Å². The molecule has 0 saturated carbocycles. The van der Waals surface area contributed by atoms with Crippen molar-refractivity contribution in [2.24, 2.45) is 0 Å². The maximum absolute atomic E-state index is 11.9. The molecule has 4 heteroatoms. The number of thiophene rings is 1. The van der Waals surface area contributed by atoms with Crippen LogP contribution in [-0.4, -0.2) is 25.7 Å². The standard InChI is InChI=1S/C15H23NO2S/c1-5-6-13-9-14(19-12(13)4)15(17)16-7-8-18-10-11(2)3/h9H,2,5-8,10H2,1,3-4H3,(H,16,17). The van der Waals surface area contributed by atoms with Crippen molar-refractivity contribution in [2.75, 3.05) is 19.8 Å². The lowest BCUT2D eigenvalue weighted by Crippen LogP contribution is -2.26. The number of carbonyl (C=O) groups excluding carboxylic acids is 1. The summed E-state index contributed by atoms with van der Waals surface area (Å²) in [7, 11) is 0. The van der Waals surface area contributed by atoms with Crippen LogP contribution in [0, 0.1) is 6.92 Å². The largest absolute Gasteiger partial charge is 0.375 e. The fraction of sp³-hybridized carbons (Fsp3) is 0.533. The van der Waals surface area contributed by atoms with E-state index in [9.17, 15) is 4.79 Å². The molecule has 0 spiro atoms. The Morgan fingerprint density at radius 3 is 2.89 bits per heavy atom. The summed E-state index contributed by atoms with van der Waals surface area (Å²) in [5.74, 6) is -0.00521. The van der Waals surface area contributed by atoms with Gasteiger partial charge in [-0.2, -0.15) is 0 Å². The van der Waals surface area contributed by atoms with Gasteiger partial charge in [0, 0.05) is 11.4 Å². The molecule has 1 heterocycles. The molecule has 19 heavy (non-hydrogen) atoms. The number of hydrogen-bond acceptors (Lipinski definition) is 3. The smallest absolute Gasteiger partial charge is 0.261 e. The van der Waals surface area contributed by atoms with Gasteiger partial charge in [-0.25, -0.2) is 0 Å². The van der Waals surface area contributed by atoms with E-state index >= 15 is 0 Å². The summed E-state index contributed by atoms with van der Waals surface area (Å²) in [6.45, 7) is 11.5. The first-order valence-corrected chi connectivity index (χ1v) is 7.45. The first-order valence-electron chi connectivity index (χ1n) is 6.64. The van der Waals surface area contributed by atoms with Crippen molar-refractivity contribution in [3.05, 3.63) is 33.5 Å². The highest BCUT2D eigenvalue weighted by Gasteiger charge is 2.11. The molecule has 1 amide bonds. The Morgan fingerprint density at radius 1 is 1.53 bits per heavy atom. The van der Waals surface area contributed by atoms with E-state index in [0.717, 1.165) is 23.3 Å². The van der Waals surface area contributed by atoms with Crippen LogP contribution in [0.4, 0.5) is 0 Å². The molecule has 106 valence electrons. The average molecular weight is 281 g/mol. The van der Waals surface area contributed by atoms with Gasteiger partial charge in [-0.3, -0.25) is 4.79 Å². The lowest BCUT2D eigenvalue weighted by molar-refractivity contribution is 0.0930. The Bertz CT molecular complexity index is 437. The molecule has 0 aliphatic rings. The molecule has 3 nitrogen and oxygen atoms in total. The summed E-state index contributed by atoms with van der Waals surface area (Å²) < 4.78 is 5.34. The third-order valence-electron chi connectivity index (χ3n) is 2.64. The molecule has 0 atom stereocenters. The van der Waals surface area contributed by atoms with Crippen LogP contribution in [0.3, 0.4) is 0 Å². The van der Waals surface area contributed by atoms with E-state index < -0.39 is 0 Å². The molecule has 1 aromatic rings. The molecule has 0 radical (unpaired) electrons. The first kappa shape index (κ1) is 15.9. The summed E-state index contributed by atoms with van der Waals surface area (Å²) in [6.07, 6.45) is 2.14. The van der Waals surface area contributed by atoms with Crippen molar-refractivity contribution >= 4 is 17.2 Å². The molecular formula is C15H23NO2S. The van der Waals surface area contributed by atoms with Crippen LogP contribution in [0.5, 0.6) is 0 Å². The van der Waals surface area contributed by atoms with Crippen molar-refractivity contribution in [1.29, 1.82) is 0 Å². The average Bonchev–Trinajstić information content (AvgIpc) is 2.70. The molecule has 0 aliphatic carbocycles. The Kier molecular flexibility index (Phi) is 6.81. The first-order chi connectivity index (χ1) is 9.04. The predicted molar refractivity (Wildman–Crippen MR) is 81.0 cm³/mol. The van der Waals surface area contributed by atoms with Crippen molar-refractivity contribution in [2.45, 2.75) is 33.6 Å². The monoisotopic (exact) mass is 281 g/mol. The van der Waals surface area contributed by atoms with Crippen LogP contribution in [0.2, 0.25) is 0 Å². The minimum atomic E-state index is -0.00521. The Hall–Kier alpha value is -1.13. The Balaban J connectivity index is 2.37. The second-order valence-corrected chi connectivity index (χ2v) is 5.96. The highest BCUT2D eigenvalue weighted by molar-refractivity contribution is 7.14. The van der Waals surface area contributed by atoms with Gasteiger partial charge in [0.15, 0.2) is 0 Å². The third-order valence-corrected chi connectivity index (χ3v) is 3.74. The maximum Gasteiger partial charge on any atom is 0.261 e. The quantitative estimate of drug-likeness (QED) is 0.586. The summed E-state index contributed by atoms with van der Waals surface area (Å²) in [4.78, 5) is 14.0. The number of carbonyl (C=O) groups is 1. The van der Waals surface area contributed by atoms with Crippen molar-refractivity contribution in [3.8, 4) is 0 Å². The van der Waals surface area contributed by atoms with Crippen LogP contribution in [0.25, 0.3) is 0 Å². The van der Waals surface area contributed by atoms with E-state index in [4.69, 9.17) is 4.74 Å². The highest BCUT2D eigenvalue weighted by atomic mass is 32.1. The normalized spacial score (nSPS) is 10.5. The number of ether oxygens (including phenoxy) is 1. The third kappa shape index (κ3) is 5.57. The van der Waals surface area contributed by atoms with Crippen molar-refractivity contribution in [1.82, 2.24) is 5.32 Å². The molecule has 0 unspecified atom stereocenters. The van der Waals surface area contributed by atoms with E-state index in [1.807, 2.05) is 13.0 Å². The topological polar surface area (TPSA) is 38.3 Å². The van der Waals surface area contributed by atoms with E-state index in [1.54, 1.807) is 11.3 Å². The van der Waals surface area contributed by atoms with Gasteiger partial charge in [0.25, 0.3) is 5.91 Å². The number of amides is 1. The molecule has 1 aromatic heterocycles. The van der Waals surface area contributed by atoms with Gasteiger partial charge in [-0.15, -0.1) is 11.3 Å². The van der Waals surface area contributed by atoms with Gasteiger partial charge in [-0.05, 0) is 31.9 Å². The molecular weight excluding hydrogens is 258 g/mol. The minimum absolute atomic E-state index is 0.00521. The Morgan fingerprint density at radius 2 is 2.26 bits per heavy atom. The lowest BCUT2D eigenvalue weighted by atomic mass is 10.1. The van der Waals surface area contributed by atoms with Gasteiger partial charge in [0.1, 0.15) is 0 Å². The van der Waals surface area contributed by atoms with Gasteiger partial charge in [0.05, 0.1) is 18.1 Å². The fourth-order valence-electron chi connectivity index (χ4n) is 1.72. The zero-order chi connectivity index (χ0) is 14.3. The van der Waals surface area contributed by atoms with Gasteiger partial charge in [-0.1, -0.05) is 25.5 Å². The van der Waals surface area contributed by atoms with E-state index in [2.05, 4.69) is 25.7 Å². The van der Waals surface area contributed by atoms with Gasteiger partial charge < -0.3 is 10.1 Å². The fourth-order valence-corrected chi connectivity index (χ4v) is 2.71. The molecule has 1 rings (SSSR count). The second kappa shape index (κ2) is 8.12. The SMILES string of the molecule is C=C(C)COCCNC(=O)c1cc(CCC)c(C)s1. The Labute approximate surface area is 119 Å². The number of aryl methyl sites for hydroxylation is 2. The summed E-state index contributed by atoms with van der Waals surface area (Å²) >= 11 is 1.56. The molecule has 1 N–H and O–H groups in total. The molecule has 0 aliphatic heterocycles. The molecule has 0 saturated heterocycles. The van der Waals surface area contributed by atoms with Crippen LogP contribution in [0.1, 0.15) is 40.4 Å². The molecule has 0 aromatic carbocycles. The number of rotatable bonds is 8. The maximum atomic E-state index is 11.9. The molecule has 0 bridgehead atoms. The number of hydrogen-bond donors (Lipinski definition) is 1. The van der Waals surface area contributed by atoms with Crippen LogP contribution in [0.15, 0.2) is 18.2 Å². The highest BCUT2D eigenvalue weighted by Crippen LogP contribution is 2.22. The zero-order valence-corrected chi connectivity index (χ0v) is 12.9. The van der Waals surface area contributed by atoms with E-state index in [-0.39, 0.29) is 5.91 Å². The van der Waals surface area contributed by atoms with E-state index in [1.165, 1.54) is 10.4 Å². The van der Waals surface area contributed by atoms with E-state index in [0.29, 0.717) is 19.8 Å². The lowest BCUT2D eigenvalue weighted by Gasteiger charge is -2.05. The summed E-state index contributed by atoms with van der Waals surface area (Å²) in [5, 5.41) is 2.87. The van der Waals surface area contributed by atoms with Gasteiger partial charge >= 0.3 is 0 Å². The second-order valence-electron chi connectivity index (χ2n) is 4.71. The zero-order valence-electron chi connectivity index (χ0n) is 12.0. The van der Waals surface area contributed by atoms with Gasteiger partial charge in [0.2, 0.25) is 0 Å². The van der Waals surface area contributed by atoms with Crippen LogP contribution < -0.4 is 5.32 Å². The van der Waals surface area contributed by atoms with Crippen LogP contribution >= 0.6 is 11.3 Å². The van der Waals surface area contributed by atoms with Crippen molar-refractivity contribution in [3.63, 3.8) is 0 Å². The number of nitrogens with one attached hydrogen (secondary N) is 1. The summed E-state index contributed by atoms with van der Waals surface area (Å²) in [5.41, 5.74) is 2.28. The summed E-state index contributed by atoms with van der Waals surface area (Å²) in [6, 6.07) is 2.01. The molecule has 0 fully saturated rings. The van der Waals surface area contributed by atoms with Crippen LogP contribution in [-0.2, 0) is 11.2 Å². The minimum Gasteiger partial charge on any atom is -0.375 e. The predicted octanol–water partition coefficient (Wildman–Crippen LogP) is 3.33.